The van der Waals surface area contributed by atoms with Gasteiger partial charge in [0.15, 0.2) is 0 Å². The van der Waals surface area contributed by atoms with E-state index in [2.05, 4.69) is 0 Å². The predicted octanol–water partition coefficient (Wildman–Crippen LogP) is 2.61. The van der Waals surface area contributed by atoms with Gasteiger partial charge in [-0.3, -0.25) is 4.79 Å². The Labute approximate surface area is 105 Å². The number of aliphatic hydroxyl groups is 1. The zero-order valence-corrected chi connectivity index (χ0v) is 10.2. The highest BCUT2D eigenvalue weighted by Gasteiger charge is 2.41. The van der Waals surface area contributed by atoms with E-state index in [1.807, 2.05) is 6.92 Å². The molecule has 1 aromatic carbocycles. The average Bonchev–Trinajstić information content (AvgIpc) is 2.71. The van der Waals surface area contributed by atoms with E-state index in [1.54, 1.807) is 0 Å². The second kappa shape index (κ2) is 5.06. The Balaban J connectivity index is 2.19. The van der Waals surface area contributed by atoms with E-state index in [1.165, 1.54) is 24.3 Å². The molecule has 0 spiro atoms. The van der Waals surface area contributed by atoms with Crippen molar-refractivity contribution in [2.45, 2.75) is 25.9 Å². The van der Waals surface area contributed by atoms with E-state index in [-0.39, 0.29) is 11.7 Å². The minimum absolute atomic E-state index is 0.289. The number of benzene rings is 1. The zero-order valence-electron chi connectivity index (χ0n) is 10.2. The van der Waals surface area contributed by atoms with Crippen LogP contribution in [-0.4, -0.2) is 16.2 Å². The quantitative estimate of drug-likeness (QED) is 0.869. The van der Waals surface area contributed by atoms with Crippen LogP contribution in [0.1, 0.15) is 31.4 Å². The molecular formula is C14H17FO3. The molecule has 0 heterocycles. The van der Waals surface area contributed by atoms with Gasteiger partial charge in [-0.1, -0.05) is 19.1 Å². The Morgan fingerprint density at radius 1 is 1.33 bits per heavy atom. The van der Waals surface area contributed by atoms with Crippen LogP contribution in [0, 0.1) is 23.6 Å². The Morgan fingerprint density at radius 2 is 1.94 bits per heavy atom. The molecule has 4 heteroatoms. The summed E-state index contributed by atoms with van der Waals surface area (Å²) in [7, 11) is 0. The van der Waals surface area contributed by atoms with E-state index in [0.717, 1.165) is 0 Å². The number of carboxylic acids is 1. The zero-order chi connectivity index (χ0) is 13.3. The van der Waals surface area contributed by atoms with Crippen LogP contribution >= 0.6 is 0 Å². The number of hydrogen-bond donors (Lipinski definition) is 2. The molecule has 0 amide bonds. The van der Waals surface area contributed by atoms with Crippen LogP contribution in [0.5, 0.6) is 0 Å². The molecule has 1 fully saturated rings. The van der Waals surface area contributed by atoms with Gasteiger partial charge in [0.25, 0.3) is 0 Å². The molecule has 3 nitrogen and oxygen atoms in total. The lowest BCUT2D eigenvalue weighted by Crippen LogP contribution is -2.23. The van der Waals surface area contributed by atoms with Crippen molar-refractivity contribution in [3.63, 3.8) is 0 Å². The largest absolute Gasteiger partial charge is 0.481 e. The monoisotopic (exact) mass is 252 g/mol. The average molecular weight is 252 g/mol. The van der Waals surface area contributed by atoms with Crippen molar-refractivity contribution in [1.29, 1.82) is 0 Å². The van der Waals surface area contributed by atoms with Crippen LogP contribution in [0.15, 0.2) is 24.3 Å². The SMILES string of the molecule is CC1CC(C(=O)O)C(C(O)c2ccc(F)cc2)C1. The number of aliphatic hydroxyl groups excluding tert-OH is 1. The van der Waals surface area contributed by atoms with Crippen molar-refractivity contribution in [2.24, 2.45) is 17.8 Å². The molecule has 1 aliphatic rings. The van der Waals surface area contributed by atoms with Gasteiger partial charge in [0.2, 0.25) is 0 Å². The molecule has 4 atom stereocenters. The highest BCUT2D eigenvalue weighted by atomic mass is 19.1. The van der Waals surface area contributed by atoms with Crippen LogP contribution in [0.2, 0.25) is 0 Å². The molecular weight excluding hydrogens is 235 g/mol. The van der Waals surface area contributed by atoms with Gasteiger partial charge in [-0.2, -0.15) is 0 Å². The molecule has 4 unspecified atom stereocenters. The summed E-state index contributed by atoms with van der Waals surface area (Å²) in [5, 5.41) is 19.4. The number of carboxylic acid groups (broad SMARTS) is 1. The lowest BCUT2D eigenvalue weighted by Gasteiger charge is -2.22. The smallest absolute Gasteiger partial charge is 0.306 e. The van der Waals surface area contributed by atoms with Gasteiger partial charge in [0, 0.05) is 5.92 Å². The minimum atomic E-state index is -0.856. The molecule has 1 aromatic rings. The third-order valence-corrected chi connectivity index (χ3v) is 3.78. The summed E-state index contributed by atoms with van der Waals surface area (Å²) in [6.07, 6.45) is 0.449. The first kappa shape index (κ1) is 13.0. The number of aliphatic carboxylic acids is 1. The lowest BCUT2D eigenvalue weighted by atomic mass is 9.87. The molecule has 1 saturated carbocycles. The number of halogens is 1. The van der Waals surface area contributed by atoms with Gasteiger partial charge in [0.1, 0.15) is 5.82 Å². The van der Waals surface area contributed by atoms with Gasteiger partial charge in [0.05, 0.1) is 12.0 Å². The number of rotatable bonds is 3. The third-order valence-electron chi connectivity index (χ3n) is 3.78. The van der Waals surface area contributed by atoms with Crippen LogP contribution in [0.4, 0.5) is 4.39 Å². The topological polar surface area (TPSA) is 57.5 Å². The van der Waals surface area contributed by atoms with Gasteiger partial charge >= 0.3 is 5.97 Å². The van der Waals surface area contributed by atoms with Crippen LogP contribution < -0.4 is 0 Å². The van der Waals surface area contributed by atoms with E-state index < -0.39 is 18.0 Å². The van der Waals surface area contributed by atoms with Gasteiger partial charge < -0.3 is 10.2 Å². The summed E-state index contributed by atoms with van der Waals surface area (Å²) < 4.78 is 12.8. The summed E-state index contributed by atoms with van der Waals surface area (Å²) in [6, 6.07) is 5.60. The van der Waals surface area contributed by atoms with Crippen molar-refractivity contribution >= 4 is 5.97 Å². The Kier molecular flexibility index (Phi) is 3.66. The second-order valence-corrected chi connectivity index (χ2v) is 5.18. The first-order valence-corrected chi connectivity index (χ1v) is 6.15. The first-order valence-electron chi connectivity index (χ1n) is 6.15. The fourth-order valence-corrected chi connectivity index (χ4v) is 2.87. The second-order valence-electron chi connectivity index (χ2n) is 5.18. The van der Waals surface area contributed by atoms with Crippen molar-refractivity contribution in [1.82, 2.24) is 0 Å². The van der Waals surface area contributed by atoms with Crippen molar-refractivity contribution in [3.05, 3.63) is 35.6 Å². The first-order chi connectivity index (χ1) is 8.49. The predicted molar refractivity (Wildman–Crippen MR) is 64.4 cm³/mol. The molecule has 0 saturated heterocycles. The normalized spacial score (nSPS) is 29.2. The van der Waals surface area contributed by atoms with Gasteiger partial charge in [-0.25, -0.2) is 4.39 Å². The summed E-state index contributed by atoms with van der Waals surface area (Å²) in [4.78, 5) is 11.2. The summed E-state index contributed by atoms with van der Waals surface area (Å²) in [5.74, 6) is -1.72. The van der Waals surface area contributed by atoms with Crippen molar-refractivity contribution in [2.75, 3.05) is 0 Å². The van der Waals surface area contributed by atoms with E-state index in [9.17, 15) is 19.4 Å². The van der Waals surface area contributed by atoms with Crippen molar-refractivity contribution < 1.29 is 19.4 Å². The number of carbonyl (C=O) groups is 1. The van der Waals surface area contributed by atoms with Crippen molar-refractivity contribution in [3.8, 4) is 0 Å². The summed E-state index contributed by atoms with van der Waals surface area (Å²) in [6.45, 7) is 1.99. The molecule has 0 bridgehead atoms. The molecule has 0 aromatic heterocycles. The standard InChI is InChI=1S/C14H17FO3/c1-8-6-11(12(7-8)14(17)18)13(16)9-2-4-10(15)5-3-9/h2-5,8,11-13,16H,6-7H2,1H3,(H,17,18). The molecule has 2 N–H and O–H groups in total. The Hall–Kier alpha value is -1.42. The molecule has 98 valence electrons. The summed E-state index contributed by atoms with van der Waals surface area (Å²) >= 11 is 0. The fourth-order valence-electron chi connectivity index (χ4n) is 2.87. The maximum atomic E-state index is 12.8. The third kappa shape index (κ3) is 2.53. The molecule has 0 radical (unpaired) electrons. The molecule has 2 rings (SSSR count). The minimum Gasteiger partial charge on any atom is -0.481 e. The fraction of sp³-hybridized carbons (Fsp3) is 0.500. The lowest BCUT2D eigenvalue weighted by molar-refractivity contribution is -0.144. The Bertz CT molecular complexity index is 429. The van der Waals surface area contributed by atoms with Crippen LogP contribution in [0.25, 0.3) is 0 Å². The van der Waals surface area contributed by atoms with Crippen LogP contribution in [-0.2, 0) is 4.79 Å². The highest BCUT2D eigenvalue weighted by Crippen LogP contribution is 2.43. The highest BCUT2D eigenvalue weighted by molar-refractivity contribution is 5.71. The van der Waals surface area contributed by atoms with E-state index in [4.69, 9.17) is 0 Å². The maximum Gasteiger partial charge on any atom is 0.306 e. The molecule has 18 heavy (non-hydrogen) atoms. The van der Waals surface area contributed by atoms with E-state index >= 15 is 0 Å². The summed E-state index contributed by atoms with van der Waals surface area (Å²) in [5.41, 5.74) is 0.585. The molecule has 0 aliphatic heterocycles. The molecule has 1 aliphatic carbocycles. The van der Waals surface area contributed by atoms with Gasteiger partial charge in [-0.05, 0) is 36.5 Å². The van der Waals surface area contributed by atoms with Crippen LogP contribution in [0.3, 0.4) is 0 Å². The maximum absolute atomic E-state index is 12.8. The Morgan fingerprint density at radius 3 is 2.50 bits per heavy atom. The number of hydrogen-bond acceptors (Lipinski definition) is 2. The van der Waals surface area contributed by atoms with Gasteiger partial charge in [-0.15, -0.1) is 0 Å². The van der Waals surface area contributed by atoms with E-state index in [0.29, 0.717) is 24.3 Å².